The Kier molecular flexibility index (Phi) is 6.58. The van der Waals surface area contributed by atoms with Gasteiger partial charge in [0.25, 0.3) is 11.8 Å². The van der Waals surface area contributed by atoms with Crippen molar-refractivity contribution in [1.82, 2.24) is 15.5 Å². The number of rotatable bonds is 7. The van der Waals surface area contributed by atoms with Crippen molar-refractivity contribution in [2.45, 2.75) is 42.9 Å². The molecule has 4 atom stereocenters. The molecule has 0 aliphatic carbocycles. The van der Waals surface area contributed by atoms with Crippen LogP contribution in [0.15, 0.2) is 29.1 Å². The van der Waals surface area contributed by atoms with E-state index < -0.39 is 24.0 Å². The topological polar surface area (TPSA) is 102 Å². The minimum absolute atomic E-state index is 0.0467. The summed E-state index contributed by atoms with van der Waals surface area (Å²) < 4.78 is 0. The van der Waals surface area contributed by atoms with E-state index in [9.17, 15) is 19.8 Å². The van der Waals surface area contributed by atoms with Crippen LogP contribution in [0, 0.1) is 0 Å². The van der Waals surface area contributed by atoms with Gasteiger partial charge in [0.2, 0.25) is 0 Å². The molecule has 0 spiro atoms. The molecule has 1 saturated heterocycles. The lowest BCUT2D eigenvalue weighted by atomic mass is 10.1. The molecule has 3 heterocycles. The molecule has 0 aromatic carbocycles. The highest BCUT2D eigenvalue weighted by atomic mass is 32.2. The summed E-state index contributed by atoms with van der Waals surface area (Å²) in [5, 5.41) is 30.0. The molecule has 4 N–H and O–H groups in total. The van der Waals surface area contributed by atoms with Gasteiger partial charge in [0, 0.05) is 24.2 Å². The van der Waals surface area contributed by atoms with Crippen LogP contribution in [0.2, 0.25) is 0 Å². The Hall–Kier alpha value is -1.55. The van der Waals surface area contributed by atoms with Gasteiger partial charge >= 0.3 is 0 Å². The Morgan fingerprint density at radius 3 is 2.92 bits per heavy atom. The SMILES string of the molecule is O=C(NCCc1cccs1)[C@H](O)[C@@H](O)C(=O)N1CCCC1C1NC=CS1. The first-order valence-corrected chi connectivity index (χ1v) is 10.4. The van der Waals surface area contributed by atoms with E-state index >= 15 is 0 Å². The molecule has 2 amide bonds. The number of thioether (sulfide) groups is 1. The number of thiophene rings is 1. The summed E-state index contributed by atoms with van der Waals surface area (Å²) in [6, 6.07) is 3.83. The van der Waals surface area contributed by atoms with E-state index in [-0.39, 0.29) is 11.4 Å². The van der Waals surface area contributed by atoms with Crippen molar-refractivity contribution in [1.29, 1.82) is 0 Å². The molecular weight excluding hydrogens is 374 g/mol. The fraction of sp³-hybridized carbons (Fsp3) is 0.529. The number of nitrogens with one attached hydrogen (secondary N) is 2. The van der Waals surface area contributed by atoms with Gasteiger partial charge < -0.3 is 25.7 Å². The Morgan fingerprint density at radius 1 is 1.38 bits per heavy atom. The van der Waals surface area contributed by atoms with Crippen molar-refractivity contribution < 1.29 is 19.8 Å². The lowest BCUT2D eigenvalue weighted by Gasteiger charge is -2.31. The number of hydrogen-bond donors (Lipinski definition) is 4. The molecule has 2 aliphatic heterocycles. The molecule has 142 valence electrons. The minimum atomic E-state index is -1.77. The molecule has 2 unspecified atom stereocenters. The van der Waals surface area contributed by atoms with E-state index in [0.29, 0.717) is 19.5 Å². The molecule has 26 heavy (non-hydrogen) atoms. The zero-order valence-electron chi connectivity index (χ0n) is 14.2. The van der Waals surface area contributed by atoms with E-state index in [1.165, 1.54) is 0 Å². The number of amides is 2. The van der Waals surface area contributed by atoms with E-state index in [0.717, 1.165) is 17.7 Å². The molecule has 3 rings (SSSR count). The molecular formula is C17H23N3O4S2. The first-order chi connectivity index (χ1) is 12.6. The third kappa shape index (κ3) is 4.40. The van der Waals surface area contributed by atoms with Gasteiger partial charge in [-0.2, -0.15) is 0 Å². The van der Waals surface area contributed by atoms with Crippen molar-refractivity contribution >= 4 is 34.9 Å². The molecule has 7 nitrogen and oxygen atoms in total. The highest BCUT2D eigenvalue weighted by Gasteiger charge is 2.41. The third-order valence-corrected chi connectivity index (χ3v) is 6.53. The van der Waals surface area contributed by atoms with Crippen LogP contribution in [-0.2, 0) is 16.0 Å². The van der Waals surface area contributed by atoms with E-state index in [1.807, 2.05) is 29.1 Å². The largest absolute Gasteiger partial charge is 0.380 e. The van der Waals surface area contributed by atoms with Crippen LogP contribution < -0.4 is 10.6 Å². The van der Waals surface area contributed by atoms with Gasteiger partial charge in [-0.15, -0.1) is 23.1 Å². The van der Waals surface area contributed by atoms with Crippen molar-refractivity contribution in [3.05, 3.63) is 34.0 Å². The Labute approximate surface area is 160 Å². The van der Waals surface area contributed by atoms with Crippen molar-refractivity contribution in [2.75, 3.05) is 13.1 Å². The second-order valence-corrected chi connectivity index (χ2v) is 8.36. The first kappa shape index (κ1) is 19.2. The Bertz CT molecular complexity index is 644. The maximum Gasteiger partial charge on any atom is 0.255 e. The molecule has 2 aliphatic rings. The number of nitrogens with zero attached hydrogens (tertiary/aromatic N) is 1. The summed E-state index contributed by atoms with van der Waals surface area (Å²) in [5.41, 5.74) is 0. The van der Waals surface area contributed by atoms with Crippen LogP contribution >= 0.6 is 23.1 Å². The van der Waals surface area contributed by atoms with E-state index in [4.69, 9.17) is 0 Å². The summed E-state index contributed by atoms with van der Waals surface area (Å²) >= 11 is 3.18. The second kappa shape index (κ2) is 8.90. The Balaban J connectivity index is 1.50. The molecule has 1 fully saturated rings. The molecule has 1 aromatic rings. The predicted molar refractivity (Wildman–Crippen MR) is 101 cm³/mol. The van der Waals surface area contributed by atoms with Gasteiger partial charge in [0.15, 0.2) is 12.2 Å². The van der Waals surface area contributed by atoms with Gasteiger partial charge in [-0.05, 0) is 36.1 Å². The van der Waals surface area contributed by atoms with Crippen LogP contribution in [0.1, 0.15) is 17.7 Å². The molecule has 0 saturated carbocycles. The van der Waals surface area contributed by atoms with Gasteiger partial charge in [-0.3, -0.25) is 9.59 Å². The summed E-state index contributed by atoms with van der Waals surface area (Å²) in [4.78, 5) is 27.3. The van der Waals surface area contributed by atoms with Gasteiger partial charge in [0.1, 0.15) is 0 Å². The van der Waals surface area contributed by atoms with Crippen LogP contribution in [0.4, 0.5) is 0 Å². The standard InChI is InChI=1S/C17H23N3O4S2/c21-13(15(23)18-6-5-11-3-2-9-25-11)14(22)17(24)20-8-1-4-12(20)16-19-7-10-26-16/h2-3,7,9-10,12-14,16,19,21-22H,1,4-6,8H2,(H,18,23)/t12?,13-,14-,16?/m1/s1. The molecule has 0 radical (unpaired) electrons. The number of aliphatic hydroxyl groups excluding tert-OH is 2. The summed E-state index contributed by atoms with van der Waals surface area (Å²) in [5.74, 6) is -1.32. The second-order valence-electron chi connectivity index (χ2n) is 6.28. The normalized spacial score (nSPS) is 24.3. The zero-order chi connectivity index (χ0) is 18.5. The first-order valence-electron chi connectivity index (χ1n) is 8.61. The van der Waals surface area contributed by atoms with Crippen molar-refractivity contribution in [3.63, 3.8) is 0 Å². The monoisotopic (exact) mass is 397 g/mol. The van der Waals surface area contributed by atoms with Gasteiger partial charge in [-0.1, -0.05) is 6.07 Å². The maximum atomic E-state index is 12.6. The maximum absolute atomic E-state index is 12.6. The molecule has 9 heteroatoms. The smallest absolute Gasteiger partial charge is 0.255 e. The lowest BCUT2D eigenvalue weighted by molar-refractivity contribution is -0.153. The fourth-order valence-corrected chi connectivity index (χ4v) is 4.85. The lowest BCUT2D eigenvalue weighted by Crippen LogP contribution is -2.54. The van der Waals surface area contributed by atoms with Crippen molar-refractivity contribution in [2.24, 2.45) is 0 Å². The van der Waals surface area contributed by atoms with Crippen LogP contribution in [0.3, 0.4) is 0 Å². The fourth-order valence-electron chi connectivity index (χ4n) is 3.20. The number of carbonyl (C=O) groups excluding carboxylic acids is 2. The number of likely N-dealkylation sites (tertiary alicyclic amines) is 1. The summed E-state index contributed by atoms with van der Waals surface area (Å²) in [6.45, 7) is 0.865. The highest BCUT2D eigenvalue weighted by Crippen LogP contribution is 2.30. The number of hydrogen-bond acceptors (Lipinski definition) is 7. The molecule has 1 aromatic heterocycles. The quantitative estimate of drug-likeness (QED) is 0.526. The summed E-state index contributed by atoms with van der Waals surface area (Å²) in [6.07, 6.45) is 0.624. The molecule has 0 bridgehead atoms. The van der Waals surface area contributed by atoms with Gasteiger partial charge in [-0.25, -0.2) is 0 Å². The number of carbonyl (C=O) groups is 2. The van der Waals surface area contributed by atoms with E-state index in [2.05, 4.69) is 10.6 Å². The van der Waals surface area contributed by atoms with E-state index in [1.54, 1.807) is 28.0 Å². The van der Waals surface area contributed by atoms with Crippen LogP contribution in [0.25, 0.3) is 0 Å². The Morgan fingerprint density at radius 2 is 2.23 bits per heavy atom. The average Bonchev–Trinajstić information content (AvgIpc) is 3.40. The average molecular weight is 398 g/mol. The van der Waals surface area contributed by atoms with Crippen LogP contribution in [-0.4, -0.2) is 63.6 Å². The zero-order valence-corrected chi connectivity index (χ0v) is 15.8. The number of aliphatic hydroxyl groups is 2. The highest BCUT2D eigenvalue weighted by molar-refractivity contribution is 8.03. The third-order valence-electron chi connectivity index (χ3n) is 4.56. The van der Waals surface area contributed by atoms with Gasteiger partial charge in [0.05, 0.1) is 11.4 Å². The van der Waals surface area contributed by atoms with Crippen LogP contribution in [0.5, 0.6) is 0 Å². The minimum Gasteiger partial charge on any atom is -0.380 e. The van der Waals surface area contributed by atoms with Crippen molar-refractivity contribution in [3.8, 4) is 0 Å². The summed E-state index contributed by atoms with van der Waals surface area (Å²) in [7, 11) is 0. The predicted octanol–water partition coefficient (Wildman–Crippen LogP) is 0.253.